The van der Waals surface area contributed by atoms with Crippen molar-refractivity contribution in [1.29, 1.82) is 0 Å². The highest BCUT2D eigenvalue weighted by atomic mass is 15.3. The molecule has 142 valence electrons. The van der Waals surface area contributed by atoms with Crippen molar-refractivity contribution in [2.24, 2.45) is 0 Å². The van der Waals surface area contributed by atoms with Gasteiger partial charge in [0, 0.05) is 43.4 Å². The number of aromatic nitrogens is 5. The first kappa shape index (κ1) is 17.9. The second-order valence-electron chi connectivity index (χ2n) is 6.75. The molecule has 4 rings (SSSR count). The SMILES string of the molecule is CN(C)CCNc1cc(-c2cnc3c(-c4ccccn4)c(N)nn3c2)ccn1. The lowest BCUT2D eigenvalue weighted by Crippen LogP contribution is -2.21. The number of nitrogens with zero attached hydrogens (tertiary/aromatic N) is 6. The summed E-state index contributed by atoms with van der Waals surface area (Å²) in [6.07, 6.45) is 7.26. The number of pyridine rings is 2. The maximum atomic E-state index is 6.14. The molecule has 0 aliphatic carbocycles. The van der Waals surface area contributed by atoms with E-state index < -0.39 is 0 Å². The van der Waals surface area contributed by atoms with Gasteiger partial charge in [-0.2, -0.15) is 0 Å². The third kappa shape index (κ3) is 3.63. The van der Waals surface area contributed by atoms with E-state index in [4.69, 9.17) is 5.73 Å². The van der Waals surface area contributed by atoms with E-state index in [-0.39, 0.29) is 0 Å². The largest absolute Gasteiger partial charge is 0.382 e. The molecule has 8 nitrogen and oxygen atoms in total. The number of anilines is 2. The molecule has 28 heavy (non-hydrogen) atoms. The summed E-state index contributed by atoms with van der Waals surface area (Å²) in [5.41, 5.74) is 10.3. The van der Waals surface area contributed by atoms with E-state index in [9.17, 15) is 0 Å². The second-order valence-corrected chi connectivity index (χ2v) is 6.75. The van der Waals surface area contributed by atoms with E-state index in [1.807, 2.05) is 56.8 Å². The highest BCUT2D eigenvalue weighted by Crippen LogP contribution is 2.29. The Labute approximate surface area is 163 Å². The van der Waals surface area contributed by atoms with Gasteiger partial charge in [0.2, 0.25) is 0 Å². The third-order valence-electron chi connectivity index (χ3n) is 4.38. The van der Waals surface area contributed by atoms with Gasteiger partial charge in [-0.1, -0.05) is 6.07 Å². The minimum Gasteiger partial charge on any atom is -0.382 e. The fraction of sp³-hybridized carbons (Fsp3) is 0.200. The molecule has 4 aromatic heterocycles. The van der Waals surface area contributed by atoms with E-state index in [2.05, 4.69) is 30.3 Å². The Morgan fingerprint density at radius 2 is 1.96 bits per heavy atom. The molecule has 0 aliphatic rings. The number of nitrogens with one attached hydrogen (secondary N) is 1. The summed E-state index contributed by atoms with van der Waals surface area (Å²) in [4.78, 5) is 15.5. The minimum atomic E-state index is 0.407. The Morgan fingerprint density at radius 1 is 1.07 bits per heavy atom. The van der Waals surface area contributed by atoms with Crippen molar-refractivity contribution < 1.29 is 0 Å². The molecule has 0 saturated heterocycles. The molecule has 0 aromatic carbocycles. The first-order valence-electron chi connectivity index (χ1n) is 9.02. The molecular weight excluding hydrogens is 352 g/mol. The molecule has 0 aliphatic heterocycles. The highest BCUT2D eigenvalue weighted by Gasteiger charge is 2.15. The van der Waals surface area contributed by atoms with E-state index in [0.29, 0.717) is 11.5 Å². The minimum absolute atomic E-state index is 0.407. The lowest BCUT2D eigenvalue weighted by Gasteiger charge is -2.11. The van der Waals surface area contributed by atoms with Gasteiger partial charge in [-0.3, -0.25) is 4.98 Å². The Hall–Kier alpha value is -3.52. The first-order valence-corrected chi connectivity index (χ1v) is 9.02. The van der Waals surface area contributed by atoms with Crippen LogP contribution in [0.15, 0.2) is 55.1 Å². The fourth-order valence-corrected chi connectivity index (χ4v) is 2.97. The Morgan fingerprint density at radius 3 is 2.75 bits per heavy atom. The van der Waals surface area contributed by atoms with Crippen LogP contribution in [0.3, 0.4) is 0 Å². The predicted octanol–water partition coefficient (Wildman–Crippen LogP) is 2.41. The lowest BCUT2D eigenvalue weighted by molar-refractivity contribution is 0.425. The molecule has 0 bridgehead atoms. The van der Waals surface area contributed by atoms with Gasteiger partial charge in [-0.25, -0.2) is 14.5 Å². The summed E-state index contributed by atoms with van der Waals surface area (Å²) in [5, 5.41) is 7.76. The average molecular weight is 374 g/mol. The molecule has 0 spiro atoms. The maximum absolute atomic E-state index is 6.14. The molecule has 0 unspecified atom stereocenters. The molecule has 4 heterocycles. The van der Waals surface area contributed by atoms with Gasteiger partial charge in [-0.15, -0.1) is 5.10 Å². The van der Waals surface area contributed by atoms with Gasteiger partial charge >= 0.3 is 0 Å². The van der Waals surface area contributed by atoms with Crippen LogP contribution in [0.4, 0.5) is 11.6 Å². The topological polar surface area (TPSA) is 97.3 Å². The molecule has 0 saturated carbocycles. The zero-order valence-corrected chi connectivity index (χ0v) is 15.9. The number of hydrogen-bond acceptors (Lipinski definition) is 7. The summed E-state index contributed by atoms with van der Waals surface area (Å²) in [6, 6.07) is 9.64. The van der Waals surface area contributed by atoms with E-state index in [1.54, 1.807) is 16.9 Å². The number of nitrogens with two attached hydrogens (primary N) is 1. The van der Waals surface area contributed by atoms with Crippen LogP contribution < -0.4 is 11.1 Å². The number of likely N-dealkylation sites (N-methyl/N-ethyl adjacent to an activating group) is 1. The monoisotopic (exact) mass is 374 g/mol. The van der Waals surface area contributed by atoms with Crippen LogP contribution in [0.2, 0.25) is 0 Å². The zero-order valence-electron chi connectivity index (χ0n) is 15.9. The van der Waals surface area contributed by atoms with E-state index in [1.165, 1.54) is 0 Å². The van der Waals surface area contributed by atoms with Crippen LogP contribution >= 0.6 is 0 Å². The third-order valence-corrected chi connectivity index (χ3v) is 4.38. The highest BCUT2D eigenvalue weighted by molar-refractivity contribution is 5.84. The van der Waals surface area contributed by atoms with Crippen molar-refractivity contribution in [3.05, 3.63) is 55.1 Å². The number of hydrogen-bond donors (Lipinski definition) is 2. The molecule has 3 N–H and O–H groups in total. The average Bonchev–Trinajstić information content (AvgIpc) is 3.03. The Kier molecular flexibility index (Phi) is 4.86. The number of fused-ring (bicyclic) bond motifs is 1. The van der Waals surface area contributed by atoms with Crippen molar-refractivity contribution in [2.75, 3.05) is 38.2 Å². The molecule has 0 radical (unpaired) electrons. The fourth-order valence-electron chi connectivity index (χ4n) is 2.97. The first-order chi connectivity index (χ1) is 13.6. The Balaban J connectivity index is 1.66. The van der Waals surface area contributed by atoms with Crippen molar-refractivity contribution >= 4 is 17.3 Å². The standard InChI is InChI=1S/C20H22N8/c1-27(2)10-9-24-17-11-14(6-8-23-17)15-12-25-20-18(16-5-3-4-7-22-16)19(21)26-28(20)13-15/h3-8,11-13H,9-10H2,1-2H3,(H2,21,26)(H,23,24). The summed E-state index contributed by atoms with van der Waals surface area (Å²) >= 11 is 0. The molecule has 4 aromatic rings. The molecular formula is C20H22N8. The zero-order chi connectivity index (χ0) is 19.5. The quantitative estimate of drug-likeness (QED) is 0.535. The smallest absolute Gasteiger partial charge is 0.166 e. The number of nitrogen functional groups attached to an aromatic ring is 1. The van der Waals surface area contributed by atoms with Crippen molar-refractivity contribution in [2.45, 2.75) is 0 Å². The van der Waals surface area contributed by atoms with Gasteiger partial charge in [0.15, 0.2) is 11.5 Å². The molecule has 0 amide bonds. The van der Waals surface area contributed by atoms with Crippen LogP contribution in [0.1, 0.15) is 0 Å². The van der Waals surface area contributed by atoms with Crippen molar-refractivity contribution in [3.8, 4) is 22.4 Å². The van der Waals surface area contributed by atoms with Crippen LogP contribution in [0.25, 0.3) is 28.0 Å². The van der Waals surface area contributed by atoms with Gasteiger partial charge in [0.05, 0.1) is 11.3 Å². The summed E-state index contributed by atoms with van der Waals surface area (Å²) in [6.45, 7) is 1.76. The molecule has 8 heteroatoms. The van der Waals surface area contributed by atoms with Gasteiger partial charge in [-0.05, 0) is 43.9 Å². The van der Waals surface area contributed by atoms with Gasteiger partial charge in [0.25, 0.3) is 0 Å². The molecule has 0 fully saturated rings. The van der Waals surface area contributed by atoms with Gasteiger partial charge in [0.1, 0.15) is 5.82 Å². The predicted molar refractivity (Wildman–Crippen MR) is 111 cm³/mol. The summed E-state index contributed by atoms with van der Waals surface area (Å²) in [7, 11) is 4.09. The maximum Gasteiger partial charge on any atom is 0.166 e. The number of rotatable bonds is 6. The van der Waals surface area contributed by atoms with Crippen molar-refractivity contribution in [1.82, 2.24) is 29.5 Å². The van der Waals surface area contributed by atoms with E-state index >= 15 is 0 Å². The van der Waals surface area contributed by atoms with Gasteiger partial charge < -0.3 is 16.0 Å². The second kappa shape index (κ2) is 7.61. The Bertz CT molecular complexity index is 1090. The lowest BCUT2D eigenvalue weighted by atomic mass is 10.1. The van der Waals surface area contributed by atoms with Crippen LogP contribution in [0, 0.1) is 0 Å². The van der Waals surface area contributed by atoms with Crippen LogP contribution in [0.5, 0.6) is 0 Å². The normalized spacial score (nSPS) is 11.2. The van der Waals surface area contributed by atoms with Crippen molar-refractivity contribution in [3.63, 3.8) is 0 Å². The molecule has 0 atom stereocenters. The summed E-state index contributed by atoms with van der Waals surface area (Å²) < 4.78 is 1.70. The summed E-state index contributed by atoms with van der Waals surface area (Å²) in [5.74, 6) is 1.23. The van der Waals surface area contributed by atoms with Crippen LogP contribution in [-0.2, 0) is 0 Å². The van der Waals surface area contributed by atoms with E-state index in [0.717, 1.165) is 41.3 Å². The van der Waals surface area contributed by atoms with Crippen LogP contribution in [-0.4, -0.2) is 56.7 Å².